The van der Waals surface area contributed by atoms with Crippen molar-refractivity contribution in [2.75, 3.05) is 0 Å². The normalized spacial score (nSPS) is 12.8. The van der Waals surface area contributed by atoms with Crippen LogP contribution in [-0.4, -0.2) is 33.3 Å². The highest BCUT2D eigenvalue weighted by Crippen LogP contribution is 2.47. The van der Waals surface area contributed by atoms with Crippen molar-refractivity contribution in [2.24, 2.45) is 0 Å². The minimum Gasteiger partial charge on any atom is -0.543 e. The molecule has 0 atom stereocenters. The third-order valence-electron chi connectivity index (χ3n) is 18.6. The lowest BCUT2D eigenvalue weighted by molar-refractivity contribution is 0.478. The minimum absolute atomic E-state index is 0.449. The lowest BCUT2D eigenvalue weighted by Gasteiger charge is -2.42. The van der Waals surface area contributed by atoms with Gasteiger partial charge in [-0.2, -0.15) is 0 Å². The first kappa shape index (κ1) is 67.6. The van der Waals surface area contributed by atoms with Gasteiger partial charge >= 0.3 is 0 Å². The molecule has 0 radical (unpaired) electrons. The molecule has 0 saturated carbocycles. The average Bonchev–Trinajstić information content (AvgIpc) is 3.42. The zero-order valence-electron chi connectivity index (χ0n) is 55.0. The molecule has 4 aromatic rings. The molecule has 0 saturated heterocycles. The summed E-state index contributed by atoms with van der Waals surface area (Å²) in [5.74, 6) is 18.5. The maximum absolute atomic E-state index is 7.43. The zero-order chi connectivity index (χ0) is 59.5. The summed E-state index contributed by atoms with van der Waals surface area (Å²) in [6.07, 6.45) is 4.08. The fourth-order valence-corrected chi connectivity index (χ4v) is 35.9. The Bertz CT molecular complexity index is 2630. The van der Waals surface area contributed by atoms with E-state index in [2.05, 4.69) is 276 Å². The fourth-order valence-electron chi connectivity index (χ4n) is 15.0. The molecule has 4 rings (SSSR count). The molecule has 4 aromatic carbocycles. The highest BCUT2D eigenvalue weighted by atomic mass is 28.4. The van der Waals surface area contributed by atoms with Crippen molar-refractivity contribution in [3.8, 4) is 46.7 Å². The monoisotopic (exact) mass is 1140 g/mol. The first-order valence-corrected chi connectivity index (χ1v) is 39.7. The molecule has 0 bridgehead atoms. The Balaban J connectivity index is 1.96. The van der Waals surface area contributed by atoms with Crippen molar-refractivity contribution in [1.29, 1.82) is 0 Å². The van der Waals surface area contributed by atoms with E-state index in [-0.39, 0.29) is 0 Å². The second kappa shape index (κ2) is 28.9. The van der Waals surface area contributed by atoms with Gasteiger partial charge in [-0.3, -0.25) is 0 Å². The van der Waals surface area contributed by atoms with E-state index < -0.39 is 33.3 Å². The second-order valence-corrected chi connectivity index (χ2v) is 48.6. The summed E-state index contributed by atoms with van der Waals surface area (Å²) in [5.41, 5.74) is 15.0. The number of benzene rings is 4. The van der Waals surface area contributed by atoms with Crippen LogP contribution in [0.1, 0.15) is 224 Å². The Morgan fingerprint density at radius 3 is 0.759 bits per heavy atom. The van der Waals surface area contributed by atoms with Gasteiger partial charge in [-0.05, 0) is 194 Å². The molecule has 0 aliphatic rings. The molecule has 0 heterocycles. The van der Waals surface area contributed by atoms with E-state index in [1.165, 1.54) is 27.8 Å². The molecule has 0 aliphatic heterocycles. The Morgan fingerprint density at radius 1 is 0.304 bits per heavy atom. The molecule has 0 unspecified atom stereocenters. The van der Waals surface area contributed by atoms with Gasteiger partial charge in [0.05, 0.1) is 0 Å². The topological polar surface area (TPSA) is 36.9 Å². The maximum atomic E-state index is 7.43. The van der Waals surface area contributed by atoms with Gasteiger partial charge in [-0.25, -0.2) is 0 Å². The lowest BCUT2D eigenvalue weighted by Crippen LogP contribution is -2.50. The first-order valence-electron chi connectivity index (χ1n) is 31.1. The van der Waals surface area contributed by atoms with Gasteiger partial charge in [0, 0.05) is 23.1 Å². The van der Waals surface area contributed by atoms with Crippen molar-refractivity contribution in [3.05, 3.63) is 117 Å². The summed E-state index contributed by atoms with van der Waals surface area (Å²) in [7, 11) is -8.84. The Morgan fingerprint density at radius 2 is 0.519 bits per heavy atom. The largest absolute Gasteiger partial charge is 0.543 e. The van der Waals surface area contributed by atoms with Gasteiger partial charge in [0.25, 0.3) is 33.3 Å². The zero-order valence-corrected chi connectivity index (χ0v) is 59.0. The first-order chi connectivity index (χ1) is 36.9. The molecule has 79 heavy (non-hydrogen) atoms. The van der Waals surface area contributed by atoms with Gasteiger partial charge in [0.1, 0.15) is 23.0 Å². The van der Waals surface area contributed by atoms with Crippen LogP contribution in [0, 0.1) is 30.6 Å². The fraction of sp³-hybridized carbons (Fsp3) is 0.606. The quantitative estimate of drug-likeness (QED) is 0.0464. The van der Waals surface area contributed by atoms with Crippen LogP contribution in [0.3, 0.4) is 0 Å². The maximum Gasteiger partial charge on any atom is 0.258 e. The molecular weight excluding hydrogens is 1030 g/mol. The van der Waals surface area contributed by atoms with Crippen molar-refractivity contribution in [2.45, 2.75) is 279 Å². The van der Waals surface area contributed by atoms with Crippen molar-refractivity contribution in [3.63, 3.8) is 0 Å². The number of hydrogen-bond acceptors (Lipinski definition) is 4. The average molecular weight is 1140 g/mol. The SMILES string of the molecule is CCC#Cc1ccc(O[Si](C(C)C)(C(C)C)C(C)C)cc1CCc1cc(O[Si](C(C)C)(C(C)C)C(C)C)ccc1C#Cc1ccc(O[Si](C(C)C)(C(C)C)C(C)C)cc1CCc1cc(O[Si](C(C)C)(C(C)C)C(C)C)ccc1C. The van der Waals surface area contributed by atoms with E-state index in [0.29, 0.717) is 66.5 Å². The van der Waals surface area contributed by atoms with Crippen LogP contribution in [0.5, 0.6) is 23.0 Å². The molecule has 0 aromatic heterocycles. The summed E-state index contributed by atoms with van der Waals surface area (Å²) in [5, 5.41) is 0. The van der Waals surface area contributed by atoms with Crippen LogP contribution in [-0.2, 0) is 25.7 Å². The summed E-state index contributed by atoms with van der Waals surface area (Å²) < 4.78 is 29.4. The molecule has 0 fully saturated rings. The van der Waals surface area contributed by atoms with Gasteiger partial charge in [-0.15, -0.1) is 0 Å². The second-order valence-electron chi connectivity index (χ2n) is 27.1. The summed E-state index contributed by atoms with van der Waals surface area (Å²) in [4.78, 5) is 0. The van der Waals surface area contributed by atoms with Crippen LogP contribution in [0.15, 0.2) is 72.8 Å². The molecule has 436 valence electrons. The van der Waals surface area contributed by atoms with Crippen molar-refractivity contribution < 1.29 is 17.7 Å². The van der Waals surface area contributed by atoms with Crippen molar-refractivity contribution >= 4 is 33.3 Å². The molecular formula is C71H112O4Si4. The van der Waals surface area contributed by atoms with Crippen LogP contribution in [0.4, 0.5) is 0 Å². The summed E-state index contributed by atoms with van der Waals surface area (Å²) in [6.45, 7) is 61.1. The molecule has 4 nitrogen and oxygen atoms in total. The molecule has 0 N–H and O–H groups in total. The lowest BCUT2D eigenvalue weighted by atomic mass is 9.95. The van der Waals surface area contributed by atoms with E-state index >= 15 is 0 Å². The Labute approximate surface area is 490 Å². The molecule has 8 heteroatoms. The third kappa shape index (κ3) is 15.2. The van der Waals surface area contributed by atoms with E-state index in [1.54, 1.807) is 0 Å². The van der Waals surface area contributed by atoms with Crippen LogP contribution in [0.2, 0.25) is 66.5 Å². The van der Waals surface area contributed by atoms with E-state index in [1.807, 2.05) is 0 Å². The predicted octanol–water partition coefficient (Wildman–Crippen LogP) is 21.9. The highest BCUT2D eigenvalue weighted by molar-refractivity contribution is 6.79. The smallest absolute Gasteiger partial charge is 0.258 e. The van der Waals surface area contributed by atoms with Gasteiger partial charge < -0.3 is 17.7 Å². The van der Waals surface area contributed by atoms with Crippen LogP contribution < -0.4 is 17.7 Å². The standard InChI is InChI=1S/C71H112O4Si4/c1-27-28-29-61-37-41-69(73-77(51(8)9,52(10)11)53(12)13)45-65(61)35-36-67-47-71(75-79(57(20)21,58(22)23)59(24)25)43-39-63(67)32-31-62-38-42-70(74-78(54(14)15,55(16)17)56(18)19)46-66(62)34-33-64-44-68(40-30-60(64)26)72-76(48(2)3,49(4)5)50(6)7/h30,37-59H,27,33-36H2,1-26H3. The van der Waals surface area contributed by atoms with Crippen molar-refractivity contribution in [1.82, 2.24) is 0 Å². The van der Waals surface area contributed by atoms with Gasteiger partial charge in [-0.1, -0.05) is 203 Å². The number of aryl methyl sites for hydroxylation is 5. The molecule has 0 aliphatic carbocycles. The Hall–Kier alpha value is -3.93. The van der Waals surface area contributed by atoms with Crippen LogP contribution in [0.25, 0.3) is 0 Å². The highest BCUT2D eigenvalue weighted by Gasteiger charge is 2.50. The van der Waals surface area contributed by atoms with Gasteiger partial charge in [0.2, 0.25) is 0 Å². The third-order valence-corrected chi connectivity index (χ3v) is 42.6. The van der Waals surface area contributed by atoms with E-state index in [0.717, 1.165) is 71.8 Å². The Kier molecular flexibility index (Phi) is 24.7. The molecule has 0 amide bonds. The van der Waals surface area contributed by atoms with E-state index in [4.69, 9.17) is 17.7 Å². The van der Waals surface area contributed by atoms with Gasteiger partial charge in [0.15, 0.2) is 0 Å². The molecule has 0 spiro atoms. The van der Waals surface area contributed by atoms with E-state index in [9.17, 15) is 0 Å². The summed E-state index contributed by atoms with van der Waals surface area (Å²) >= 11 is 0. The minimum atomic E-state index is -2.26. The summed E-state index contributed by atoms with van der Waals surface area (Å²) in [6, 6.07) is 27.0. The predicted molar refractivity (Wildman–Crippen MR) is 355 cm³/mol. The number of hydrogen-bond donors (Lipinski definition) is 0. The van der Waals surface area contributed by atoms with Crippen LogP contribution >= 0.6 is 0 Å². The number of rotatable bonds is 26.